The Labute approximate surface area is 212 Å². The third-order valence-electron chi connectivity index (χ3n) is 6.24. The quantitative estimate of drug-likeness (QED) is 0.636. The summed E-state index contributed by atoms with van der Waals surface area (Å²) in [6.07, 6.45) is 1.08. The Morgan fingerprint density at radius 2 is 1.86 bits per heavy atom. The highest BCUT2D eigenvalue weighted by atomic mass is 16.6. The minimum absolute atomic E-state index is 0.0138. The van der Waals surface area contributed by atoms with Crippen molar-refractivity contribution >= 4 is 24.0 Å². The molecule has 1 fully saturated rings. The molecule has 2 aliphatic rings. The first-order chi connectivity index (χ1) is 17.1. The Morgan fingerprint density at radius 1 is 1.17 bits per heavy atom. The summed E-state index contributed by atoms with van der Waals surface area (Å²) in [5, 5.41) is 3.34. The van der Waals surface area contributed by atoms with E-state index in [0.717, 1.165) is 30.8 Å². The number of cyclic esters (lactones) is 1. The van der Waals surface area contributed by atoms with Crippen LogP contribution in [0.1, 0.15) is 57.4 Å². The molecule has 0 radical (unpaired) electrons. The second-order valence-electron chi connectivity index (χ2n) is 10.2. The summed E-state index contributed by atoms with van der Waals surface area (Å²) in [5.74, 6) is 1.07. The topological polar surface area (TPSA) is 100 Å². The van der Waals surface area contributed by atoms with Gasteiger partial charge in [0.15, 0.2) is 0 Å². The first kappa shape index (κ1) is 25.7. The maximum Gasteiger partial charge on any atom is 0.415 e. The molecule has 0 spiro atoms. The van der Waals surface area contributed by atoms with Crippen molar-refractivity contribution in [2.24, 2.45) is 0 Å². The number of fused-ring (bicyclic) bond motifs is 1. The van der Waals surface area contributed by atoms with Gasteiger partial charge in [-0.2, -0.15) is 4.98 Å². The van der Waals surface area contributed by atoms with E-state index in [1.165, 1.54) is 10.5 Å². The van der Waals surface area contributed by atoms with E-state index in [2.05, 4.69) is 51.4 Å². The molecule has 194 valence electrons. The molecule has 1 N–H and O–H groups in total. The Hall–Kier alpha value is -3.40. The molecule has 10 heteroatoms. The van der Waals surface area contributed by atoms with Gasteiger partial charge in [-0.15, -0.1) is 0 Å². The van der Waals surface area contributed by atoms with Crippen molar-refractivity contribution in [2.75, 3.05) is 42.9 Å². The Balaban J connectivity index is 1.30. The van der Waals surface area contributed by atoms with Crippen molar-refractivity contribution in [1.82, 2.24) is 19.8 Å². The van der Waals surface area contributed by atoms with Crippen LogP contribution in [0.3, 0.4) is 0 Å². The number of ether oxygens (including phenoxy) is 2. The number of aromatic nitrogens is 2. The van der Waals surface area contributed by atoms with Gasteiger partial charge in [0, 0.05) is 45.5 Å². The fourth-order valence-electron chi connectivity index (χ4n) is 4.25. The van der Waals surface area contributed by atoms with E-state index in [1.807, 2.05) is 27.7 Å². The summed E-state index contributed by atoms with van der Waals surface area (Å²) in [6, 6.07) is 8.48. The zero-order valence-electron chi connectivity index (χ0n) is 21.8. The molecule has 2 amide bonds. The molecule has 0 bridgehead atoms. The molecular weight excluding hydrogens is 460 g/mol. The molecule has 4 rings (SSSR count). The average molecular weight is 497 g/mol. The normalized spacial score (nSPS) is 17.3. The SMILES string of the molecule is CCN1C(=O)OCc2cnc(N[C@@H](C)c3ccc(CN4CCN(C(=O)OC(C)(C)C)CC4)cc3)nc21. The van der Waals surface area contributed by atoms with E-state index < -0.39 is 5.60 Å². The number of nitrogens with zero attached hydrogens (tertiary/aromatic N) is 5. The van der Waals surface area contributed by atoms with E-state index in [9.17, 15) is 9.59 Å². The smallest absolute Gasteiger partial charge is 0.415 e. The summed E-state index contributed by atoms with van der Waals surface area (Å²) >= 11 is 0. The van der Waals surface area contributed by atoms with Gasteiger partial charge >= 0.3 is 12.2 Å². The highest BCUT2D eigenvalue weighted by Gasteiger charge is 2.27. The molecule has 1 aromatic heterocycles. The zero-order valence-corrected chi connectivity index (χ0v) is 21.8. The van der Waals surface area contributed by atoms with Crippen molar-refractivity contribution in [3.05, 3.63) is 47.2 Å². The number of nitrogens with one attached hydrogen (secondary N) is 1. The van der Waals surface area contributed by atoms with Crippen molar-refractivity contribution in [1.29, 1.82) is 0 Å². The first-order valence-electron chi connectivity index (χ1n) is 12.5. The van der Waals surface area contributed by atoms with Crippen LogP contribution in [0.15, 0.2) is 30.5 Å². The number of hydrogen-bond acceptors (Lipinski definition) is 8. The van der Waals surface area contributed by atoms with Gasteiger partial charge in [-0.1, -0.05) is 24.3 Å². The lowest BCUT2D eigenvalue weighted by molar-refractivity contribution is 0.0139. The molecule has 1 atom stereocenters. The number of rotatable bonds is 6. The van der Waals surface area contributed by atoms with Gasteiger partial charge < -0.3 is 19.7 Å². The van der Waals surface area contributed by atoms with Gasteiger partial charge in [0.05, 0.1) is 11.6 Å². The summed E-state index contributed by atoms with van der Waals surface area (Å²) in [4.78, 5) is 38.9. The minimum atomic E-state index is -0.474. The van der Waals surface area contributed by atoms with Crippen LogP contribution in [0, 0.1) is 0 Å². The number of amides is 2. The van der Waals surface area contributed by atoms with E-state index in [1.54, 1.807) is 11.1 Å². The summed E-state index contributed by atoms with van der Waals surface area (Å²) in [5.41, 5.74) is 2.66. The molecule has 0 aliphatic carbocycles. The maximum absolute atomic E-state index is 12.3. The Morgan fingerprint density at radius 3 is 2.50 bits per heavy atom. The fraction of sp³-hybridized carbons (Fsp3) is 0.538. The monoisotopic (exact) mass is 496 g/mol. The predicted octanol–water partition coefficient (Wildman–Crippen LogP) is 4.18. The molecule has 0 saturated carbocycles. The number of anilines is 2. The van der Waals surface area contributed by atoms with Crippen LogP contribution in [-0.2, 0) is 22.6 Å². The van der Waals surface area contributed by atoms with Crippen molar-refractivity contribution in [2.45, 2.75) is 59.4 Å². The highest BCUT2D eigenvalue weighted by Crippen LogP contribution is 2.26. The summed E-state index contributed by atoms with van der Waals surface area (Å²) in [6.45, 7) is 14.1. The lowest BCUT2D eigenvalue weighted by Gasteiger charge is -2.35. The molecule has 3 heterocycles. The zero-order chi connectivity index (χ0) is 25.9. The summed E-state index contributed by atoms with van der Waals surface area (Å²) < 4.78 is 10.6. The second-order valence-corrected chi connectivity index (χ2v) is 10.2. The van der Waals surface area contributed by atoms with Crippen LogP contribution in [0.2, 0.25) is 0 Å². The molecular formula is C26H36N6O4. The third-order valence-corrected chi connectivity index (χ3v) is 6.24. The lowest BCUT2D eigenvalue weighted by atomic mass is 10.1. The number of hydrogen-bond donors (Lipinski definition) is 1. The van der Waals surface area contributed by atoms with E-state index in [-0.39, 0.29) is 24.8 Å². The Bertz CT molecular complexity index is 1080. The first-order valence-corrected chi connectivity index (χ1v) is 12.5. The van der Waals surface area contributed by atoms with Crippen LogP contribution in [-0.4, -0.2) is 70.3 Å². The van der Waals surface area contributed by atoms with Gasteiger partial charge in [0.1, 0.15) is 18.0 Å². The molecule has 2 aromatic rings. The molecule has 2 aliphatic heterocycles. The van der Waals surface area contributed by atoms with E-state index >= 15 is 0 Å². The van der Waals surface area contributed by atoms with Gasteiger partial charge in [0.2, 0.25) is 5.95 Å². The summed E-state index contributed by atoms with van der Waals surface area (Å²) in [7, 11) is 0. The molecule has 10 nitrogen and oxygen atoms in total. The molecule has 1 saturated heterocycles. The molecule has 0 unspecified atom stereocenters. The lowest BCUT2D eigenvalue weighted by Crippen LogP contribution is -2.49. The van der Waals surface area contributed by atoms with Crippen LogP contribution >= 0.6 is 0 Å². The van der Waals surface area contributed by atoms with Gasteiger partial charge in [-0.05, 0) is 45.7 Å². The van der Waals surface area contributed by atoms with E-state index in [4.69, 9.17) is 9.47 Å². The van der Waals surface area contributed by atoms with Crippen LogP contribution in [0.4, 0.5) is 21.4 Å². The van der Waals surface area contributed by atoms with Crippen LogP contribution < -0.4 is 10.2 Å². The average Bonchev–Trinajstić information content (AvgIpc) is 2.84. The van der Waals surface area contributed by atoms with Crippen LogP contribution in [0.5, 0.6) is 0 Å². The van der Waals surface area contributed by atoms with Gasteiger partial charge in [-0.25, -0.2) is 14.6 Å². The van der Waals surface area contributed by atoms with Crippen molar-refractivity contribution in [3.63, 3.8) is 0 Å². The fourth-order valence-corrected chi connectivity index (χ4v) is 4.25. The highest BCUT2D eigenvalue weighted by molar-refractivity contribution is 5.89. The van der Waals surface area contributed by atoms with Gasteiger partial charge in [-0.3, -0.25) is 9.80 Å². The predicted molar refractivity (Wildman–Crippen MR) is 137 cm³/mol. The maximum atomic E-state index is 12.3. The van der Waals surface area contributed by atoms with Crippen LogP contribution in [0.25, 0.3) is 0 Å². The molecule has 1 aromatic carbocycles. The van der Waals surface area contributed by atoms with E-state index in [0.29, 0.717) is 31.4 Å². The second kappa shape index (κ2) is 10.7. The third kappa shape index (κ3) is 6.23. The minimum Gasteiger partial charge on any atom is -0.444 e. The standard InChI is InChI=1S/C26H36N6O4/c1-6-32-22-21(17-35-25(32)34)15-27-23(29-22)28-18(2)20-9-7-19(8-10-20)16-30-11-13-31(14-12-30)24(33)36-26(3,4)5/h7-10,15,18H,6,11-14,16-17H2,1-5H3,(H,27,28,29)/t18-/m0/s1. The number of carbonyl (C=O) groups is 2. The van der Waals surface area contributed by atoms with Crippen molar-refractivity contribution < 1.29 is 19.1 Å². The number of piperazine rings is 1. The van der Waals surface area contributed by atoms with Crippen molar-refractivity contribution in [3.8, 4) is 0 Å². The largest absolute Gasteiger partial charge is 0.444 e. The Kier molecular flexibility index (Phi) is 7.63. The number of carbonyl (C=O) groups excluding carboxylic acids is 2. The number of benzene rings is 1. The molecule has 36 heavy (non-hydrogen) atoms. The van der Waals surface area contributed by atoms with Gasteiger partial charge in [0.25, 0.3) is 0 Å².